The molecular formula is C11H14O4S. The fourth-order valence-electron chi connectivity index (χ4n) is 1.59. The van der Waals surface area contributed by atoms with Gasteiger partial charge in [-0.1, -0.05) is 18.2 Å². The van der Waals surface area contributed by atoms with Crippen molar-refractivity contribution < 1.29 is 17.3 Å². The monoisotopic (exact) mass is 242 g/mol. The summed E-state index contributed by atoms with van der Waals surface area (Å²) < 4.78 is 34.0. The summed E-state index contributed by atoms with van der Waals surface area (Å²) in [7, 11) is -3.62. The lowest BCUT2D eigenvalue weighted by atomic mass is 10.2. The summed E-state index contributed by atoms with van der Waals surface area (Å²) in [6.45, 7) is 1.18. The molecule has 0 radical (unpaired) electrons. The first-order valence-electron chi connectivity index (χ1n) is 5.25. The Morgan fingerprint density at radius 2 is 1.81 bits per heavy atom. The summed E-state index contributed by atoms with van der Waals surface area (Å²) in [6, 6.07) is 6.78. The summed E-state index contributed by atoms with van der Waals surface area (Å²) in [5.41, 5.74) is 0.657. The second kappa shape index (κ2) is 4.95. The Morgan fingerprint density at radius 1 is 1.06 bits per heavy atom. The molecule has 0 saturated carbocycles. The molecule has 1 aromatic rings. The van der Waals surface area contributed by atoms with Crippen LogP contribution in [0.25, 0.3) is 0 Å². The van der Waals surface area contributed by atoms with E-state index < -0.39 is 10.1 Å². The van der Waals surface area contributed by atoms with Gasteiger partial charge in [-0.05, 0) is 24.5 Å². The van der Waals surface area contributed by atoms with Crippen LogP contribution in [0, 0.1) is 0 Å². The molecule has 0 atom stereocenters. The maximum absolute atomic E-state index is 11.8. The number of ether oxygens (including phenoxy) is 1. The van der Waals surface area contributed by atoms with Gasteiger partial charge in [-0.25, -0.2) is 0 Å². The molecule has 0 N–H and O–H groups in total. The zero-order valence-electron chi connectivity index (χ0n) is 8.89. The molecular weight excluding hydrogens is 228 g/mol. The first-order valence-corrected chi connectivity index (χ1v) is 6.66. The van der Waals surface area contributed by atoms with Gasteiger partial charge < -0.3 is 4.74 Å². The molecule has 2 rings (SSSR count). The third kappa shape index (κ3) is 2.61. The third-order valence-corrected chi connectivity index (χ3v) is 3.83. The van der Waals surface area contributed by atoms with E-state index in [4.69, 9.17) is 8.92 Å². The number of hydrogen-bond acceptors (Lipinski definition) is 4. The molecule has 88 valence electrons. The van der Waals surface area contributed by atoms with Crippen LogP contribution in [0.15, 0.2) is 29.2 Å². The largest absolute Gasteiger partial charge is 0.377 e. The van der Waals surface area contributed by atoms with Gasteiger partial charge in [0.1, 0.15) is 0 Å². The Labute approximate surface area is 95.3 Å². The van der Waals surface area contributed by atoms with Crippen molar-refractivity contribution in [2.24, 2.45) is 0 Å². The molecule has 1 aromatic carbocycles. The fourth-order valence-corrected chi connectivity index (χ4v) is 2.74. The number of fused-ring (bicyclic) bond motifs is 1. The molecule has 16 heavy (non-hydrogen) atoms. The molecule has 0 aromatic heterocycles. The zero-order valence-corrected chi connectivity index (χ0v) is 9.70. The smallest absolute Gasteiger partial charge is 0.297 e. The van der Waals surface area contributed by atoms with E-state index in [0.29, 0.717) is 25.2 Å². The summed E-state index contributed by atoms with van der Waals surface area (Å²) >= 11 is 0. The molecule has 5 heteroatoms. The molecule has 0 bridgehead atoms. The van der Waals surface area contributed by atoms with E-state index in [2.05, 4.69) is 0 Å². The highest BCUT2D eigenvalue weighted by atomic mass is 32.2. The maximum atomic E-state index is 11.8. The minimum absolute atomic E-state index is 0.219. The molecule has 1 heterocycles. The molecule has 0 amide bonds. The lowest BCUT2D eigenvalue weighted by Gasteiger charge is -2.13. The van der Waals surface area contributed by atoms with Crippen LogP contribution >= 0.6 is 0 Å². The highest BCUT2D eigenvalue weighted by Crippen LogP contribution is 2.20. The van der Waals surface area contributed by atoms with Gasteiger partial charge in [-0.15, -0.1) is 0 Å². The van der Waals surface area contributed by atoms with Gasteiger partial charge in [0.2, 0.25) is 0 Å². The van der Waals surface area contributed by atoms with Crippen molar-refractivity contribution in [1.82, 2.24) is 0 Å². The van der Waals surface area contributed by atoms with Crippen LogP contribution in [-0.2, 0) is 25.6 Å². The van der Waals surface area contributed by atoms with Crippen molar-refractivity contribution in [1.29, 1.82) is 0 Å². The topological polar surface area (TPSA) is 52.6 Å². The molecule has 0 unspecified atom stereocenters. The zero-order chi connectivity index (χ0) is 11.4. The summed E-state index contributed by atoms with van der Waals surface area (Å²) in [5.74, 6) is 0. The molecule has 4 nitrogen and oxygen atoms in total. The van der Waals surface area contributed by atoms with E-state index >= 15 is 0 Å². The predicted octanol–water partition coefficient (Wildman–Crippen LogP) is 1.70. The molecule has 1 aliphatic heterocycles. The Balaban J connectivity index is 2.38. The number of hydrogen-bond donors (Lipinski definition) is 0. The minimum Gasteiger partial charge on any atom is -0.377 e. The Bertz CT molecular complexity index is 453. The number of rotatable bonds is 0. The van der Waals surface area contributed by atoms with Crippen molar-refractivity contribution >= 4 is 10.1 Å². The van der Waals surface area contributed by atoms with Crippen LogP contribution in [0.5, 0.6) is 0 Å². The molecule has 0 spiro atoms. The van der Waals surface area contributed by atoms with E-state index in [0.717, 1.165) is 6.42 Å². The van der Waals surface area contributed by atoms with Crippen LogP contribution in [0.1, 0.15) is 18.4 Å². The van der Waals surface area contributed by atoms with E-state index in [1.165, 1.54) is 0 Å². The van der Waals surface area contributed by atoms with Crippen LogP contribution < -0.4 is 0 Å². The maximum Gasteiger partial charge on any atom is 0.297 e. The summed E-state index contributed by atoms with van der Waals surface area (Å²) in [5, 5.41) is 0. The molecule has 1 aliphatic rings. The van der Waals surface area contributed by atoms with Crippen molar-refractivity contribution in [2.75, 3.05) is 13.2 Å². The quantitative estimate of drug-likeness (QED) is 0.650. The van der Waals surface area contributed by atoms with Gasteiger partial charge in [0.15, 0.2) is 0 Å². The van der Waals surface area contributed by atoms with Gasteiger partial charge in [0, 0.05) is 6.61 Å². The highest BCUT2D eigenvalue weighted by Gasteiger charge is 2.19. The second-order valence-electron chi connectivity index (χ2n) is 3.64. The molecule has 0 saturated heterocycles. The van der Waals surface area contributed by atoms with Gasteiger partial charge in [0.05, 0.1) is 18.1 Å². The van der Waals surface area contributed by atoms with Crippen molar-refractivity contribution in [3.63, 3.8) is 0 Å². The van der Waals surface area contributed by atoms with Crippen LogP contribution in [-0.4, -0.2) is 21.6 Å². The van der Waals surface area contributed by atoms with Gasteiger partial charge >= 0.3 is 0 Å². The third-order valence-electron chi connectivity index (χ3n) is 2.42. The van der Waals surface area contributed by atoms with Gasteiger partial charge in [0.25, 0.3) is 10.1 Å². The Hall–Kier alpha value is -0.910. The van der Waals surface area contributed by atoms with E-state index in [9.17, 15) is 8.42 Å². The van der Waals surface area contributed by atoms with Gasteiger partial charge in [-0.2, -0.15) is 8.42 Å². The van der Waals surface area contributed by atoms with Crippen LogP contribution in [0.4, 0.5) is 0 Å². The average molecular weight is 242 g/mol. The predicted molar refractivity (Wildman–Crippen MR) is 58.5 cm³/mol. The molecule has 0 aliphatic carbocycles. The highest BCUT2D eigenvalue weighted by molar-refractivity contribution is 7.86. The lowest BCUT2D eigenvalue weighted by Crippen LogP contribution is -2.13. The summed E-state index contributed by atoms with van der Waals surface area (Å²) in [6.07, 6.45) is 1.51. The van der Waals surface area contributed by atoms with E-state index in [1.807, 2.05) is 0 Å². The standard InChI is InChI=1S/C11H14O4S/c12-16(13)11-6-2-1-5-10(11)9-14-7-3-4-8-15-16/h1-2,5-6H,3-4,7-9H2. The van der Waals surface area contributed by atoms with Gasteiger partial charge in [-0.3, -0.25) is 4.18 Å². The van der Waals surface area contributed by atoms with E-state index in [-0.39, 0.29) is 11.5 Å². The fraction of sp³-hybridized carbons (Fsp3) is 0.455. The van der Waals surface area contributed by atoms with Crippen LogP contribution in [0.3, 0.4) is 0 Å². The first kappa shape index (κ1) is 11.6. The Kier molecular flexibility index (Phi) is 3.58. The molecule has 0 fully saturated rings. The van der Waals surface area contributed by atoms with Crippen molar-refractivity contribution in [3.8, 4) is 0 Å². The SMILES string of the molecule is O=S1(=O)OCCCCOCc2ccccc21. The average Bonchev–Trinajstić information content (AvgIpc) is 2.28. The number of benzene rings is 1. The Morgan fingerprint density at radius 3 is 2.69 bits per heavy atom. The normalized spacial score (nSPS) is 21.0. The summed E-state index contributed by atoms with van der Waals surface area (Å²) in [4.78, 5) is 0.219. The first-order chi connectivity index (χ1) is 7.70. The van der Waals surface area contributed by atoms with Crippen LogP contribution in [0.2, 0.25) is 0 Å². The second-order valence-corrected chi connectivity index (χ2v) is 5.23. The lowest BCUT2D eigenvalue weighted by molar-refractivity contribution is 0.110. The van der Waals surface area contributed by atoms with Crippen molar-refractivity contribution in [3.05, 3.63) is 29.8 Å². The van der Waals surface area contributed by atoms with Crippen molar-refractivity contribution in [2.45, 2.75) is 24.3 Å². The van der Waals surface area contributed by atoms with E-state index in [1.54, 1.807) is 24.3 Å². The minimum atomic E-state index is -3.62.